The number of carbonyl (C=O) groups is 1. The molecule has 1 aromatic rings. The van der Waals surface area contributed by atoms with Gasteiger partial charge < -0.3 is 0 Å². The molecular weight excluding hydrogens is 235 g/mol. The van der Waals surface area contributed by atoms with Crippen LogP contribution in [-0.2, 0) is 0 Å². The van der Waals surface area contributed by atoms with Crippen molar-refractivity contribution in [1.82, 2.24) is 4.98 Å². The summed E-state index contributed by atoms with van der Waals surface area (Å²) in [6.07, 6.45) is 3.91. The zero-order valence-electron chi connectivity index (χ0n) is 7.06. The van der Waals surface area contributed by atoms with Crippen LogP contribution in [0, 0.1) is 0 Å². The fourth-order valence-electron chi connectivity index (χ4n) is 1.42. The van der Waals surface area contributed by atoms with Gasteiger partial charge in [0.1, 0.15) is 0 Å². The van der Waals surface area contributed by atoms with Gasteiger partial charge in [-0.3, -0.25) is 0 Å². The van der Waals surface area contributed by atoms with Crippen LogP contribution in [-0.4, -0.2) is 43.7 Å². The molecule has 2 rings (SSSR count). The predicted molar refractivity (Wildman–Crippen MR) is 49.6 cm³/mol. The van der Waals surface area contributed by atoms with Gasteiger partial charge in [-0.1, -0.05) is 0 Å². The molecule has 70 valence electrons. The summed E-state index contributed by atoms with van der Waals surface area (Å²) in [6, 6.07) is 0. The molecule has 0 atom stereocenters. The second kappa shape index (κ2) is 3.52. The average Bonchev–Trinajstić information content (AvgIpc) is 2.75. The molecule has 1 saturated heterocycles. The number of hydrogen-bond acceptors (Lipinski definition) is 3. The second-order valence-electron chi connectivity index (χ2n) is 3.01. The van der Waals surface area contributed by atoms with Crippen LogP contribution in [0.3, 0.4) is 0 Å². The average molecular weight is 245 g/mol. The molecule has 0 radical (unpaired) electrons. The number of hydrogen-bond donors (Lipinski definition) is 1. The normalized spacial score (nSPS) is 16.5. The van der Waals surface area contributed by atoms with Gasteiger partial charge in [-0.25, -0.2) is 0 Å². The van der Waals surface area contributed by atoms with Crippen LogP contribution in [0.5, 0.6) is 0 Å². The Labute approximate surface area is 81.9 Å². The van der Waals surface area contributed by atoms with Gasteiger partial charge in [-0.05, 0) is 0 Å². The second-order valence-corrected chi connectivity index (χ2v) is 5.12. The van der Waals surface area contributed by atoms with E-state index in [0.29, 0.717) is 4.44 Å². The number of aromatic nitrogens is 1. The zero-order valence-corrected chi connectivity index (χ0v) is 8.78. The van der Waals surface area contributed by atoms with Crippen LogP contribution < -0.4 is 4.90 Å². The van der Waals surface area contributed by atoms with Gasteiger partial charge in [0.25, 0.3) is 0 Å². The van der Waals surface area contributed by atoms with E-state index >= 15 is 0 Å². The van der Waals surface area contributed by atoms with E-state index < -0.39 is 5.97 Å². The Morgan fingerprint density at radius 3 is 2.77 bits per heavy atom. The van der Waals surface area contributed by atoms with Crippen LogP contribution in [0.1, 0.15) is 22.1 Å². The molecule has 0 aromatic carbocycles. The van der Waals surface area contributed by atoms with Crippen molar-refractivity contribution in [3.8, 4) is 0 Å². The summed E-state index contributed by atoms with van der Waals surface area (Å²) in [4.78, 5) is 17.0. The van der Waals surface area contributed by atoms with Crippen molar-refractivity contribution in [1.29, 1.82) is 0 Å². The molecule has 0 spiro atoms. The van der Waals surface area contributed by atoms with Gasteiger partial charge >= 0.3 is 81.5 Å². The van der Waals surface area contributed by atoms with Gasteiger partial charge in [0.2, 0.25) is 0 Å². The summed E-state index contributed by atoms with van der Waals surface area (Å²) in [5.74, 6) is -0.821. The number of rotatable bonds is 2. The van der Waals surface area contributed by atoms with E-state index in [1.807, 2.05) is 0 Å². The third kappa shape index (κ3) is 1.76. The molecule has 1 fully saturated rings. The van der Waals surface area contributed by atoms with Gasteiger partial charge in [0.05, 0.1) is 0 Å². The Morgan fingerprint density at radius 1 is 1.54 bits per heavy atom. The number of carboxylic acids is 1. The van der Waals surface area contributed by atoms with E-state index in [2.05, 4.69) is 9.88 Å². The Balaban J connectivity index is 2.16. The summed E-state index contributed by atoms with van der Waals surface area (Å²) in [5.41, 5.74) is 0. The first kappa shape index (κ1) is 8.78. The molecule has 1 aliphatic heterocycles. The monoisotopic (exact) mass is 246 g/mol. The van der Waals surface area contributed by atoms with E-state index in [9.17, 15) is 4.79 Å². The van der Waals surface area contributed by atoms with Crippen molar-refractivity contribution < 1.29 is 9.90 Å². The van der Waals surface area contributed by atoms with Crippen molar-refractivity contribution in [2.75, 3.05) is 18.0 Å². The van der Waals surface area contributed by atoms with Gasteiger partial charge in [-0.2, -0.15) is 0 Å². The van der Waals surface area contributed by atoms with E-state index in [1.54, 1.807) is 0 Å². The minimum atomic E-state index is -0.821. The number of aromatic carboxylic acids is 1. The van der Waals surface area contributed by atoms with Crippen LogP contribution in [0.15, 0.2) is 6.20 Å². The predicted octanol–water partition coefficient (Wildman–Crippen LogP) is 0.437. The Hall–Kier alpha value is -0.801. The standard InChI is InChI=1S/C8H10N2O2Se/c11-7(12)6-5-9-8(13-6)10-3-1-2-4-10/h5H,1-4H2,(H,11,12). The molecule has 1 N–H and O–H groups in total. The Kier molecular flexibility index (Phi) is 2.38. The first-order valence-electron chi connectivity index (χ1n) is 4.21. The van der Waals surface area contributed by atoms with Gasteiger partial charge in [0, 0.05) is 0 Å². The zero-order chi connectivity index (χ0) is 9.26. The van der Waals surface area contributed by atoms with Gasteiger partial charge in [0.15, 0.2) is 0 Å². The molecule has 0 amide bonds. The molecule has 4 nitrogen and oxygen atoms in total. The molecule has 0 unspecified atom stereocenters. The van der Waals surface area contributed by atoms with E-state index in [1.165, 1.54) is 19.0 Å². The summed E-state index contributed by atoms with van der Waals surface area (Å²) < 4.78 is 1.46. The molecule has 0 bridgehead atoms. The molecule has 0 saturated carbocycles. The number of carboxylic acid groups (broad SMARTS) is 1. The van der Waals surface area contributed by atoms with Crippen LogP contribution in [0.25, 0.3) is 0 Å². The number of anilines is 1. The topological polar surface area (TPSA) is 53.4 Å². The first-order chi connectivity index (χ1) is 6.27. The Morgan fingerprint density at radius 2 is 2.23 bits per heavy atom. The maximum absolute atomic E-state index is 10.6. The third-order valence-electron chi connectivity index (χ3n) is 2.08. The SMILES string of the molecule is O=C(O)c1cnc(N2CCCC2)[se]1. The molecular formula is C8H10N2O2Se. The number of nitrogens with zero attached hydrogens (tertiary/aromatic N) is 2. The first-order valence-corrected chi connectivity index (χ1v) is 5.93. The van der Waals surface area contributed by atoms with Crippen LogP contribution in [0.4, 0.5) is 4.69 Å². The van der Waals surface area contributed by atoms with Crippen molar-refractivity contribution in [2.45, 2.75) is 12.8 Å². The van der Waals surface area contributed by atoms with Gasteiger partial charge in [-0.15, -0.1) is 0 Å². The van der Waals surface area contributed by atoms with E-state index in [-0.39, 0.29) is 14.5 Å². The van der Waals surface area contributed by atoms with Crippen molar-refractivity contribution in [2.24, 2.45) is 0 Å². The Bertz CT molecular complexity index is 318. The molecule has 5 heteroatoms. The summed E-state index contributed by atoms with van der Waals surface area (Å²) in [7, 11) is 0. The van der Waals surface area contributed by atoms with E-state index in [0.717, 1.165) is 17.8 Å². The fourth-order valence-corrected chi connectivity index (χ4v) is 3.11. The van der Waals surface area contributed by atoms with E-state index in [4.69, 9.17) is 5.11 Å². The molecule has 1 aromatic heterocycles. The maximum atomic E-state index is 10.6. The molecule has 0 aliphatic carbocycles. The molecule has 2 heterocycles. The molecule has 1 aliphatic rings. The van der Waals surface area contributed by atoms with Crippen molar-refractivity contribution in [3.63, 3.8) is 0 Å². The summed E-state index contributed by atoms with van der Waals surface area (Å²) >= 11 is -0.0732. The molecule has 13 heavy (non-hydrogen) atoms. The summed E-state index contributed by atoms with van der Waals surface area (Å²) in [6.45, 7) is 2.09. The third-order valence-corrected chi connectivity index (χ3v) is 4.28. The van der Waals surface area contributed by atoms with Crippen molar-refractivity contribution >= 4 is 25.2 Å². The quantitative estimate of drug-likeness (QED) is 0.768. The minimum absolute atomic E-state index is 0.0732. The van der Waals surface area contributed by atoms with Crippen LogP contribution in [0.2, 0.25) is 0 Å². The fraction of sp³-hybridized carbons (Fsp3) is 0.500. The van der Waals surface area contributed by atoms with Crippen molar-refractivity contribution in [3.05, 3.63) is 10.6 Å². The van der Waals surface area contributed by atoms with Crippen LogP contribution >= 0.6 is 0 Å². The summed E-state index contributed by atoms with van der Waals surface area (Å²) in [5, 5.41) is 8.73.